The molecule has 2 saturated heterocycles. The van der Waals surface area contributed by atoms with Gasteiger partial charge >= 0.3 is 0 Å². The maximum Gasteiger partial charge on any atom is 0.225 e. The van der Waals surface area contributed by atoms with Gasteiger partial charge in [-0.3, -0.25) is 4.79 Å². The maximum absolute atomic E-state index is 12.1. The zero-order valence-corrected chi connectivity index (χ0v) is 10.5. The number of fused-ring (bicyclic) bond motifs is 2. The summed E-state index contributed by atoms with van der Waals surface area (Å²) in [6.07, 6.45) is 5.07. The molecule has 5 heteroatoms. The number of rotatable bonds is 3. The first-order valence-corrected chi connectivity index (χ1v) is 6.54. The van der Waals surface area contributed by atoms with Crippen LogP contribution in [0.2, 0.25) is 0 Å². The molecule has 18 heavy (non-hydrogen) atoms. The van der Waals surface area contributed by atoms with E-state index in [4.69, 9.17) is 0 Å². The Balaban J connectivity index is 1.56. The topological polar surface area (TPSA) is 66.9 Å². The molecular formula is C13H18N4O. The number of nitrogens with zero attached hydrogens (tertiary/aromatic N) is 2. The SMILES string of the molecule is Cc1nccc(CNC(=O)C2CC3CCC2N3)n1. The quantitative estimate of drug-likeness (QED) is 0.817. The van der Waals surface area contributed by atoms with E-state index in [1.807, 2.05) is 13.0 Å². The van der Waals surface area contributed by atoms with Gasteiger partial charge in [-0.25, -0.2) is 9.97 Å². The highest BCUT2D eigenvalue weighted by molar-refractivity contribution is 5.80. The van der Waals surface area contributed by atoms with Gasteiger partial charge in [0.25, 0.3) is 0 Å². The third kappa shape index (κ3) is 2.22. The fourth-order valence-corrected chi connectivity index (χ4v) is 3.03. The average Bonchev–Trinajstić information content (AvgIpc) is 2.98. The molecule has 1 aromatic heterocycles. The molecule has 0 aliphatic carbocycles. The van der Waals surface area contributed by atoms with Gasteiger partial charge in [0.2, 0.25) is 5.91 Å². The van der Waals surface area contributed by atoms with E-state index < -0.39 is 0 Å². The molecule has 3 unspecified atom stereocenters. The highest BCUT2D eigenvalue weighted by Crippen LogP contribution is 2.33. The third-order valence-corrected chi connectivity index (χ3v) is 3.91. The summed E-state index contributed by atoms with van der Waals surface area (Å²) >= 11 is 0. The van der Waals surface area contributed by atoms with Crippen LogP contribution in [0.15, 0.2) is 12.3 Å². The second-order valence-corrected chi connectivity index (χ2v) is 5.20. The molecule has 0 radical (unpaired) electrons. The van der Waals surface area contributed by atoms with Gasteiger partial charge in [0.1, 0.15) is 5.82 Å². The van der Waals surface area contributed by atoms with Crippen LogP contribution in [0.25, 0.3) is 0 Å². The van der Waals surface area contributed by atoms with E-state index in [9.17, 15) is 4.79 Å². The second kappa shape index (κ2) is 4.65. The Morgan fingerprint density at radius 3 is 3.11 bits per heavy atom. The Bertz CT molecular complexity index is 462. The lowest BCUT2D eigenvalue weighted by Crippen LogP contribution is -2.37. The molecule has 0 aromatic carbocycles. The summed E-state index contributed by atoms with van der Waals surface area (Å²) in [5, 5.41) is 6.46. The van der Waals surface area contributed by atoms with E-state index >= 15 is 0 Å². The van der Waals surface area contributed by atoms with E-state index in [1.54, 1.807) is 6.20 Å². The molecule has 2 aliphatic heterocycles. The van der Waals surface area contributed by atoms with Crippen molar-refractivity contribution in [1.82, 2.24) is 20.6 Å². The molecule has 2 aliphatic rings. The minimum Gasteiger partial charge on any atom is -0.350 e. The van der Waals surface area contributed by atoms with Gasteiger partial charge < -0.3 is 10.6 Å². The van der Waals surface area contributed by atoms with Crippen molar-refractivity contribution in [3.63, 3.8) is 0 Å². The first kappa shape index (κ1) is 11.6. The molecule has 0 spiro atoms. The van der Waals surface area contributed by atoms with Crippen molar-refractivity contribution < 1.29 is 4.79 Å². The van der Waals surface area contributed by atoms with Crippen molar-refractivity contribution in [2.24, 2.45) is 5.92 Å². The summed E-state index contributed by atoms with van der Waals surface area (Å²) in [7, 11) is 0. The fraction of sp³-hybridized carbons (Fsp3) is 0.615. The maximum atomic E-state index is 12.1. The number of carbonyl (C=O) groups is 1. The second-order valence-electron chi connectivity index (χ2n) is 5.20. The number of nitrogens with one attached hydrogen (secondary N) is 2. The molecule has 1 amide bonds. The Labute approximate surface area is 106 Å². The lowest BCUT2D eigenvalue weighted by atomic mass is 9.88. The smallest absolute Gasteiger partial charge is 0.225 e. The largest absolute Gasteiger partial charge is 0.350 e. The van der Waals surface area contributed by atoms with Crippen molar-refractivity contribution in [3.8, 4) is 0 Å². The van der Waals surface area contributed by atoms with Crippen molar-refractivity contribution in [2.45, 2.75) is 44.8 Å². The van der Waals surface area contributed by atoms with Crippen molar-refractivity contribution >= 4 is 5.91 Å². The minimum atomic E-state index is 0.145. The molecular weight excluding hydrogens is 228 g/mol. The monoisotopic (exact) mass is 246 g/mol. The molecule has 3 atom stereocenters. The molecule has 5 nitrogen and oxygen atoms in total. The van der Waals surface area contributed by atoms with Crippen LogP contribution in [0.3, 0.4) is 0 Å². The number of aryl methyl sites for hydroxylation is 1. The Kier molecular flexibility index (Phi) is 2.99. The summed E-state index contributed by atoms with van der Waals surface area (Å²) in [5.41, 5.74) is 0.868. The van der Waals surface area contributed by atoms with E-state index in [0.717, 1.165) is 24.4 Å². The van der Waals surface area contributed by atoms with Crippen LogP contribution in [0.4, 0.5) is 0 Å². The van der Waals surface area contributed by atoms with Crippen LogP contribution < -0.4 is 10.6 Å². The average molecular weight is 246 g/mol. The zero-order chi connectivity index (χ0) is 12.5. The van der Waals surface area contributed by atoms with Crippen molar-refractivity contribution in [3.05, 3.63) is 23.8 Å². The van der Waals surface area contributed by atoms with E-state index in [1.165, 1.54) is 6.42 Å². The Morgan fingerprint density at radius 1 is 1.56 bits per heavy atom. The first-order chi connectivity index (χ1) is 8.72. The van der Waals surface area contributed by atoms with Crippen molar-refractivity contribution in [1.29, 1.82) is 0 Å². The van der Waals surface area contributed by atoms with Crippen molar-refractivity contribution in [2.75, 3.05) is 0 Å². The molecule has 3 rings (SSSR count). The van der Waals surface area contributed by atoms with Crippen LogP contribution in [0.1, 0.15) is 30.8 Å². The fourth-order valence-electron chi connectivity index (χ4n) is 3.03. The Morgan fingerprint density at radius 2 is 2.44 bits per heavy atom. The van der Waals surface area contributed by atoms with E-state index in [0.29, 0.717) is 18.6 Å². The summed E-state index contributed by atoms with van der Waals surface area (Å²) in [6, 6.07) is 2.79. The van der Waals surface area contributed by atoms with Gasteiger partial charge in [0.15, 0.2) is 0 Å². The molecule has 2 fully saturated rings. The van der Waals surface area contributed by atoms with Gasteiger partial charge in [-0.2, -0.15) is 0 Å². The van der Waals surface area contributed by atoms with Crippen LogP contribution >= 0.6 is 0 Å². The van der Waals surface area contributed by atoms with Gasteiger partial charge in [-0.15, -0.1) is 0 Å². The van der Waals surface area contributed by atoms with Crippen LogP contribution in [-0.2, 0) is 11.3 Å². The number of amides is 1. The number of aromatic nitrogens is 2. The molecule has 2 bridgehead atoms. The number of carbonyl (C=O) groups excluding carboxylic acids is 1. The molecule has 3 heterocycles. The number of hydrogen-bond acceptors (Lipinski definition) is 4. The zero-order valence-electron chi connectivity index (χ0n) is 10.5. The number of hydrogen-bond donors (Lipinski definition) is 2. The first-order valence-electron chi connectivity index (χ1n) is 6.54. The molecule has 0 saturated carbocycles. The molecule has 1 aromatic rings. The predicted octanol–water partition coefficient (Wildman–Crippen LogP) is 0.542. The lowest BCUT2D eigenvalue weighted by Gasteiger charge is -2.19. The van der Waals surface area contributed by atoms with Gasteiger partial charge in [-0.1, -0.05) is 0 Å². The highest BCUT2D eigenvalue weighted by atomic mass is 16.1. The minimum absolute atomic E-state index is 0.145. The van der Waals surface area contributed by atoms with Gasteiger partial charge in [0.05, 0.1) is 18.2 Å². The highest BCUT2D eigenvalue weighted by Gasteiger charge is 2.42. The normalized spacial score (nSPS) is 29.5. The summed E-state index contributed by atoms with van der Waals surface area (Å²) < 4.78 is 0. The van der Waals surface area contributed by atoms with Crippen LogP contribution in [-0.4, -0.2) is 28.0 Å². The molecule has 2 N–H and O–H groups in total. The lowest BCUT2D eigenvalue weighted by molar-refractivity contribution is -0.125. The van der Waals surface area contributed by atoms with Crippen LogP contribution in [0.5, 0.6) is 0 Å². The summed E-state index contributed by atoms with van der Waals surface area (Å²) in [4.78, 5) is 20.4. The van der Waals surface area contributed by atoms with Gasteiger partial charge in [-0.05, 0) is 32.3 Å². The van der Waals surface area contributed by atoms with Gasteiger partial charge in [0, 0.05) is 18.3 Å². The van der Waals surface area contributed by atoms with Crippen LogP contribution in [0, 0.1) is 12.8 Å². The third-order valence-electron chi connectivity index (χ3n) is 3.91. The predicted molar refractivity (Wildman–Crippen MR) is 66.7 cm³/mol. The van der Waals surface area contributed by atoms with E-state index in [-0.39, 0.29) is 11.8 Å². The van der Waals surface area contributed by atoms with E-state index in [2.05, 4.69) is 20.6 Å². The molecule has 96 valence electrons. The summed E-state index contributed by atoms with van der Waals surface area (Å²) in [6.45, 7) is 2.35. The standard InChI is InChI=1S/C13H18N4O/c1-8-14-5-4-10(16-8)7-15-13(18)11-6-9-2-3-12(11)17-9/h4-5,9,11-12,17H,2-3,6-7H2,1H3,(H,15,18). The Hall–Kier alpha value is -1.49. The summed E-state index contributed by atoms with van der Waals surface area (Å²) in [5.74, 6) is 1.04.